The van der Waals surface area contributed by atoms with E-state index in [9.17, 15) is 19.2 Å². The molecule has 4 aromatic rings. The predicted octanol–water partition coefficient (Wildman–Crippen LogP) is 0.0304. The number of aromatic amines is 4. The molecule has 0 aliphatic rings. The molecule has 2 aromatic carbocycles. The maximum absolute atomic E-state index is 11.6. The van der Waals surface area contributed by atoms with E-state index in [0.29, 0.717) is 28.7 Å². The number of aromatic nitrogens is 4. The van der Waals surface area contributed by atoms with Crippen LogP contribution in [0.15, 0.2) is 46.0 Å². The van der Waals surface area contributed by atoms with Crippen molar-refractivity contribution in [3.05, 3.63) is 68.5 Å². The summed E-state index contributed by atoms with van der Waals surface area (Å²) in [5.74, 6) is -2.05. The van der Waals surface area contributed by atoms with Gasteiger partial charge in [0, 0.05) is 0 Å². The molecule has 12 heteroatoms. The maximum atomic E-state index is 11.6. The van der Waals surface area contributed by atoms with Crippen LogP contribution in [0.3, 0.4) is 0 Å². The van der Waals surface area contributed by atoms with Crippen molar-refractivity contribution < 1.29 is 54.5 Å². The van der Waals surface area contributed by atoms with Gasteiger partial charge in [-0.25, -0.2) is 9.59 Å². The first-order valence-corrected chi connectivity index (χ1v) is 10.0. The summed E-state index contributed by atoms with van der Waals surface area (Å²) >= 11 is 0. The fourth-order valence-corrected chi connectivity index (χ4v) is 3.18. The van der Waals surface area contributed by atoms with Crippen LogP contribution >= 0.6 is 0 Å². The number of hydrogen-bond acceptors (Lipinski definition) is 6. The van der Waals surface area contributed by atoms with Crippen molar-refractivity contribution >= 4 is 34.0 Å². The van der Waals surface area contributed by atoms with Crippen molar-refractivity contribution in [2.75, 3.05) is 6.61 Å². The Morgan fingerprint density at radius 2 is 1.23 bits per heavy atom. The smallest absolute Gasteiger partial charge is 0.870 e. The third-order valence-electron chi connectivity index (χ3n) is 5.09. The molecule has 4 rings (SSSR count). The number of benzene rings is 2. The van der Waals surface area contributed by atoms with E-state index in [1.807, 2.05) is 6.07 Å². The molecule has 2 heterocycles. The molecule has 35 heavy (non-hydrogen) atoms. The molecule has 0 radical (unpaired) electrons. The average molecular weight is 496 g/mol. The van der Waals surface area contributed by atoms with Crippen LogP contribution in [-0.2, 0) is 14.3 Å². The molecule has 6 N–H and O–H groups in total. The summed E-state index contributed by atoms with van der Waals surface area (Å²) in [6, 6.07) is 10.4. The van der Waals surface area contributed by atoms with E-state index in [1.165, 1.54) is 0 Å². The second-order valence-electron chi connectivity index (χ2n) is 7.30. The van der Waals surface area contributed by atoms with Gasteiger partial charge in [0.2, 0.25) is 0 Å². The summed E-state index contributed by atoms with van der Waals surface area (Å²) in [6.45, 7) is 5.53. The van der Waals surface area contributed by atoms with Crippen molar-refractivity contribution in [2.45, 2.75) is 40.0 Å². The second kappa shape index (κ2) is 13.7. The summed E-state index contributed by atoms with van der Waals surface area (Å²) in [5.41, 5.74) is 3.70. The summed E-state index contributed by atoms with van der Waals surface area (Å²) < 4.78 is 4.96. The summed E-state index contributed by atoms with van der Waals surface area (Å²) in [7, 11) is 0. The predicted molar refractivity (Wildman–Crippen MR) is 128 cm³/mol. The van der Waals surface area contributed by atoms with E-state index < -0.39 is 11.9 Å². The quantitative estimate of drug-likeness (QED) is 0.190. The van der Waals surface area contributed by atoms with Crippen molar-refractivity contribution in [1.29, 1.82) is 0 Å². The van der Waals surface area contributed by atoms with E-state index in [-0.39, 0.29) is 65.7 Å². The molecule has 0 aliphatic carbocycles. The van der Waals surface area contributed by atoms with Crippen LogP contribution < -0.4 is 40.9 Å². The van der Waals surface area contributed by atoms with E-state index in [1.54, 1.807) is 51.1 Å². The molecule has 0 saturated heterocycles. The summed E-state index contributed by atoms with van der Waals surface area (Å²) in [6.07, 6.45) is 0. The van der Waals surface area contributed by atoms with Gasteiger partial charge < -0.3 is 35.3 Å². The zero-order chi connectivity index (χ0) is 23.4. The normalized spacial score (nSPS) is 11.6. The van der Waals surface area contributed by atoms with Gasteiger partial charge in [0.05, 0.1) is 40.5 Å². The van der Waals surface area contributed by atoms with Gasteiger partial charge in [-0.15, -0.1) is 0 Å². The fourth-order valence-electron chi connectivity index (χ4n) is 3.18. The van der Waals surface area contributed by atoms with Crippen molar-refractivity contribution in [1.82, 2.24) is 19.9 Å². The van der Waals surface area contributed by atoms with Crippen LogP contribution in [0.4, 0.5) is 0 Å². The molecule has 0 fully saturated rings. The SMILES string of the molecule is C.CC(C(=O)O)c1ccc2[nH]c(=O)[nH]c2c1.CCOC(=O)C(C)c1ccc2[nH]c(=O)[nH]c2c1.[Na+].[OH-]. The number of esters is 1. The van der Waals surface area contributed by atoms with Gasteiger partial charge in [0.15, 0.2) is 0 Å². The minimum absolute atomic E-state index is 0. The Hall–Kier alpha value is -3.12. The van der Waals surface area contributed by atoms with Gasteiger partial charge in [-0.05, 0) is 56.2 Å². The van der Waals surface area contributed by atoms with Gasteiger partial charge in [-0.2, -0.15) is 0 Å². The van der Waals surface area contributed by atoms with E-state index in [0.717, 1.165) is 11.1 Å². The number of hydrogen-bond donors (Lipinski definition) is 5. The first-order valence-electron chi connectivity index (χ1n) is 10.0. The van der Waals surface area contributed by atoms with Gasteiger partial charge in [0.25, 0.3) is 0 Å². The number of carboxylic acid groups (broad SMARTS) is 1. The number of H-pyrrole nitrogens is 4. The number of fused-ring (bicyclic) bond motifs is 2. The molecule has 2 atom stereocenters. The monoisotopic (exact) mass is 496 g/mol. The Labute approximate surface area is 222 Å². The first kappa shape index (κ1) is 31.9. The third-order valence-corrected chi connectivity index (χ3v) is 5.09. The Bertz CT molecular complexity index is 1390. The van der Waals surface area contributed by atoms with Gasteiger partial charge in [-0.3, -0.25) is 9.59 Å². The molecule has 0 amide bonds. The minimum Gasteiger partial charge on any atom is -0.870 e. The number of ether oxygens (including phenoxy) is 1. The molecule has 0 bridgehead atoms. The molecule has 2 aromatic heterocycles. The van der Waals surface area contributed by atoms with Crippen molar-refractivity contribution in [2.24, 2.45) is 0 Å². The standard InChI is InChI=1S/C12H14N2O3.C10H10N2O3.CH4.Na.H2O/c1-3-17-11(15)7(2)8-4-5-9-10(6-8)14-12(16)13-9;1-5(9(13)14)6-2-3-7-8(4-6)12-10(15)11-7;;;/h4-7H,3H2,1-2H3,(H2,13,14,16);2-5H,1H3,(H,13,14)(H2,11,12,15);1H4;;1H2/q;;;+1;/p-1. The van der Waals surface area contributed by atoms with Crippen LogP contribution in [0.5, 0.6) is 0 Å². The number of carboxylic acids is 1. The first-order chi connectivity index (χ1) is 15.2. The molecular formula is C23H29N4NaO7. The maximum Gasteiger partial charge on any atom is 1.00 e. The largest absolute Gasteiger partial charge is 1.00 e. The zero-order valence-electron chi connectivity index (χ0n) is 19.3. The van der Waals surface area contributed by atoms with Crippen LogP contribution in [0, 0.1) is 0 Å². The zero-order valence-corrected chi connectivity index (χ0v) is 21.3. The molecule has 0 spiro atoms. The fraction of sp³-hybridized carbons (Fsp3) is 0.304. The molecule has 2 unspecified atom stereocenters. The molecule has 184 valence electrons. The van der Waals surface area contributed by atoms with Gasteiger partial charge >= 0.3 is 52.9 Å². The molecule has 11 nitrogen and oxygen atoms in total. The Morgan fingerprint density at radius 1 is 0.829 bits per heavy atom. The average Bonchev–Trinajstić information content (AvgIpc) is 3.32. The van der Waals surface area contributed by atoms with Crippen molar-refractivity contribution in [3.8, 4) is 0 Å². The number of nitrogens with one attached hydrogen (secondary N) is 4. The molecule has 0 saturated carbocycles. The second-order valence-corrected chi connectivity index (χ2v) is 7.30. The number of carbonyl (C=O) groups excluding carboxylic acids is 1. The number of aliphatic carboxylic acids is 1. The number of imidazole rings is 2. The van der Waals surface area contributed by atoms with E-state index in [2.05, 4.69) is 19.9 Å². The van der Waals surface area contributed by atoms with Gasteiger partial charge in [0.1, 0.15) is 0 Å². The summed E-state index contributed by atoms with van der Waals surface area (Å²) in [4.78, 5) is 54.9. The Morgan fingerprint density at radius 3 is 1.63 bits per heavy atom. The van der Waals surface area contributed by atoms with Crippen LogP contribution in [0.1, 0.15) is 51.2 Å². The van der Waals surface area contributed by atoms with Gasteiger partial charge in [-0.1, -0.05) is 19.6 Å². The number of carbonyl (C=O) groups is 2. The van der Waals surface area contributed by atoms with Crippen LogP contribution in [0.2, 0.25) is 0 Å². The minimum atomic E-state index is -0.882. The van der Waals surface area contributed by atoms with E-state index >= 15 is 0 Å². The Balaban J connectivity index is 0.000000612. The van der Waals surface area contributed by atoms with E-state index in [4.69, 9.17) is 9.84 Å². The van der Waals surface area contributed by atoms with Crippen LogP contribution in [-0.4, -0.2) is 49.1 Å². The van der Waals surface area contributed by atoms with Crippen LogP contribution in [0.25, 0.3) is 22.1 Å². The number of rotatable bonds is 5. The molecular weight excluding hydrogens is 467 g/mol. The topological polar surface area (TPSA) is 191 Å². The molecule has 0 aliphatic heterocycles. The third kappa shape index (κ3) is 7.69. The van der Waals surface area contributed by atoms with Crippen molar-refractivity contribution in [3.63, 3.8) is 0 Å². The summed E-state index contributed by atoms with van der Waals surface area (Å²) in [5, 5.41) is 8.83. The Kier molecular flexibility index (Phi) is 12.5.